The molecule has 0 bridgehead atoms. The summed E-state index contributed by atoms with van der Waals surface area (Å²) in [6, 6.07) is 12.8. The van der Waals surface area contributed by atoms with Gasteiger partial charge in [0.15, 0.2) is 5.60 Å². The molecule has 2 aromatic rings. The van der Waals surface area contributed by atoms with Crippen molar-refractivity contribution in [1.29, 1.82) is 0 Å². The molecule has 122 valence electrons. The number of nitrogens with one attached hydrogen (secondary N) is 1. The van der Waals surface area contributed by atoms with Gasteiger partial charge in [-0.05, 0) is 48.9 Å². The second kappa shape index (κ2) is 7.00. The van der Waals surface area contributed by atoms with E-state index >= 15 is 0 Å². The molecule has 0 aromatic heterocycles. The van der Waals surface area contributed by atoms with Gasteiger partial charge < -0.3 is 20.3 Å². The van der Waals surface area contributed by atoms with Crippen LogP contribution < -0.4 is 10.1 Å². The molecule has 0 saturated heterocycles. The fourth-order valence-corrected chi connectivity index (χ4v) is 2.31. The minimum Gasteiger partial charge on any atom is -0.497 e. The van der Waals surface area contributed by atoms with Crippen molar-refractivity contribution in [2.75, 3.05) is 12.4 Å². The summed E-state index contributed by atoms with van der Waals surface area (Å²) < 4.78 is 5.10. The largest absolute Gasteiger partial charge is 0.497 e. The van der Waals surface area contributed by atoms with Crippen LogP contribution >= 0.6 is 11.6 Å². The third-order valence-corrected chi connectivity index (χ3v) is 3.81. The molecule has 1 amide bonds. The Morgan fingerprint density at radius 1 is 1.26 bits per heavy atom. The van der Waals surface area contributed by atoms with E-state index in [1.807, 2.05) is 0 Å². The Morgan fingerprint density at radius 2 is 1.91 bits per heavy atom. The van der Waals surface area contributed by atoms with Crippen LogP contribution in [0.5, 0.6) is 5.75 Å². The fourth-order valence-electron chi connectivity index (χ4n) is 2.18. The molecule has 23 heavy (non-hydrogen) atoms. The smallest absolute Gasteiger partial charge is 0.263 e. The second-order valence-electron chi connectivity index (χ2n) is 5.14. The van der Waals surface area contributed by atoms with E-state index < -0.39 is 17.6 Å². The number of methoxy groups -OCH3 is 1. The second-order valence-corrected chi connectivity index (χ2v) is 5.57. The van der Waals surface area contributed by atoms with Gasteiger partial charge in [0.05, 0.1) is 13.2 Å². The first-order valence-electron chi connectivity index (χ1n) is 7.00. The fraction of sp³-hybridized carbons (Fsp3) is 0.235. The van der Waals surface area contributed by atoms with E-state index in [1.54, 1.807) is 42.5 Å². The van der Waals surface area contributed by atoms with Gasteiger partial charge in [-0.15, -0.1) is 0 Å². The first-order chi connectivity index (χ1) is 10.9. The first-order valence-corrected chi connectivity index (χ1v) is 7.37. The Balaban J connectivity index is 2.35. The topological polar surface area (TPSA) is 78.8 Å². The lowest BCUT2D eigenvalue weighted by atomic mass is 9.87. The number of hydrogen-bond donors (Lipinski definition) is 3. The van der Waals surface area contributed by atoms with Crippen LogP contribution in [-0.2, 0) is 10.4 Å². The quantitative estimate of drug-likeness (QED) is 0.784. The number of rotatable bonds is 5. The van der Waals surface area contributed by atoms with Gasteiger partial charge in [-0.2, -0.15) is 0 Å². The number of hydrogen-bond acceptors (Lipinski definition) is 4. The lowest BCUT2D eigenvalue weighted by Crippen LogP contribution is -2.48. The molecule has 6 heteroatoms. The van der Waals surface area contributed by atoms with Crippen LogP contribution in [0, 0.1) is 0 Å². The number of aliphatic hydroxyl groups is 2. The minimum absolute atomic E-state index is 0.235. The SMILES string of the molecule is COc1cccc([C@](O)(C(=O)Nc2ccc(Cl)cc2)[C@H](C)O)c1. The molecule has 0 heterocycles. The summed E-state index contributed by atoms with van der Waals surface area (Å²) >= 11 is 5.80. The molecule has 0 radical (unpaired) electrons. The van der Waals surface area contributed by atoms with Crippen LogP contribution in [0.3, 0.4) is 0 Å². The van der Waals surface area contributed by atoms with Gasteiger partial charge in [0.1, 0.15) is 5.75 Å². The van der Waals surface area contributed by atoms with Crippen LogP contribution in [0.2, 0.25) is 5.02 Å². The van der Waals surface area contributed by atoms with Crippen molar-refractivity contribution in [3.05, 3.63) is 59.1 Å². The standard InChI is InChI=1S/C17H18ClNO4/c1-11(20)17(22,12-4-3-5-15(10-12)23-2)16(21)19-14-8-6-13(18)7-9-14/h3-11,20,22H,1-2H3,(H,19,21)/t11-,17-/m0/s1. The van der Waals surface area contributed by atoms with Gasteiger partial charge in [-0.25, -0.2) is 0 Å². The highest BCUT2D eigenvalue weighted by Crippen LogP contribution is 2.30. The zero-order chi connectivity index (χ0) is 17.0. The molecule has 5 nitrogen and oxygen atoms in total. The summed E-state index contributed by atoms with van der Waals surface area (Å²) in [6.07, 6.45) is -1.33. The van der Waals surface area contributed by atoms with Gasteiger partial charge in [0.2, 0.25) is 0 Å². The number of aliphatic hydroxyl groups excluding tert-OH is 1. The molecule has 0 saturated carbocycles. The van der Waals surface area contributed by atoms with Crippen molar-refractivity contribution < 1.29 is 19.7 Å². The molecule has 2 rings (SSSR count). The van der Waals surface area contributed by atoms with Crippen LogP contribution in [0.25, 0.3) is 0 Å². The molecular weight excluding hydrogens is 318 g/mol. The maximum atomic E-state index is 12.6. The average molecular weight is 336 g/mol. The molecule has 0 unspecified atom stereocenters. The van der Waals surface area contributed by atoms with Crippen molar-refractivity contribution in [2.24, 2.45) is 0 Å². The van der Waals surface area contributed by atoms with Crippen molar-refractivity contribution in [1.82, 2.24) is 0 Å². The summed E-state index contributed by atoms with van der Waals surface area (Å²) in [4.78, 5) is 12.6. The number of amides is 1. The number of ether oxygens (including phenoxy) is 1. The number of carbonyl (C=O) groups excluding carboxylic acids is 1. The van der Waals surface area contributed by atoms with Crippen LogP contribution in [0.4, 0.5) is 5.69 Å². The maximum absolute atomic E-state index is 12.6. The van der Waals surface area contributed by atoms with Gasteiger partial charge in [-0.3, -0.25) is 4.79 Å². The number of carbonyl (C=O) groups is 1. The van der Waals surface area contributed by atoms with E-state index in [2.05, 4.69) is 5.32 Å². The van der Waals surface area contributed by atoms with Crippen molar-refractivity contribution in [3.63, 3.8) is 0 Å². The van der Waals surface area contributed by atoms with Gasteiger partial charge in [-0.1, -0.05) is 23.7 Å². The number of benzene rings is 2. The van der Waals surface area contributed by atoms with Crippen LogP contribution in [-0.4, -0.2) is 29.3 Å². The number of halogens is 1. The number of anilines is 1. The highest BCUT2D eigenvalue weighted by molar-refractivity contribution is 6.30. The summed E-state index contributed by atoms with van der Waals surface area (Å²) in [6.45, 7) is 1.35. The Morgan fingerprint density at radius 3 is 2.48 bits per heavy atom. The Labute approximate surface area is 139 Å². The normalized spacial score (nSPS) is 14.7. The predicted octanol–water partition coefficient (Wildman–Crippen LogP) is 2.56. The van der Waals surface area contributed by atoms with Crippen molar-refractivity contribution in [2.45, 2.75) is 18.6 Å². The molecule has 3 N–H and O–H groups in total. The molecule has 2 atom stereocenters. The highest BCUT2D eigenvalue weighted by Gasteiger charge is 2.43. The Hall–Kier alpha value is -2.08. The van der Waals surface area contributed by atoms with Crippen LogP contribution in [0.1, 0.15) is 12.5 Å². The minimum atomic E-state index is -2.12. The summed E-state index contributed by atoms with van der Waals surface area (Å²) in [5.41, 5.74) is -1.42. The van der Waals surface area contributed by atoms with Crippen molar-refractivity contribution in [3.8, 4) is 5.75 Å². The molecule has 0 aliphatic rings. The Kier molecular flexibility index (Phi) is 5.26. The summed E-state index contributed by atoms with van der Waals surface area (Å²) in [5.74, 6) is -0.274. The third kappa shape index (κ3) is 3.64. The molecule has 0 fully saturated rings. The molecular formula is C17H18ClNO4. The molecule has 0 aliphatic heterocycles. The molecule has 2 aromatic carbocycles. The molecule has 0 spiro atoms. The van der Waals surface area contributed by atoms with E-state index in [0.717, 1.165) is 0 Å². The van der Waals surface area contributed by atoms with Gasteiger partial charge in [0, 0.05) is 10.7 Å². The lowest BCUT2D eigenvalue weighted by molar-refractivity contribution is -0.147. The Bertz CT molecular complexity index is 687. The summed E-state index contributed by atoms with van der Waals surface area (Å²) in [7, 11) is 1.48. The average Bonchev–Trinajstić information content (AvgIpc) is 2.55. The maximum Gasteiger partial charge on any atom is 0.263 e. The zero-order valence-electron chi connectivity index (χ0n) is 12.8. The lowest BCUT2D eigenvalue weighted by Gasteiger charge is -2.30. The molecule has 0 aliphatic carbocycles. The summed E-state index contributed by atoms with van der Waals surface area (Å²) in [5, 5.41) is 23.9. The van der Waals surface area contributed by atoms with E-state index in [4.69, 9.17) is 16.3 Å². The van der Waals surface area contributed by atoms with Crippen molar-refractivity contribution >= 4 is 23.2 Å². The van der Waals surface area contributed by atoms with Crippen LogP contribution in [0.15, 0.2) is 48.5 Å². The highest BCUT2D eigenvalue weighted by atomic mass is 35.5. The van der Waals surface area contributed by atoms with E-state index in [9.17, 15) is 15.0 Å². The van der Waals surface area contributed by atoms with E-state index in [-0.39, 0.29) is 5.56 Å². The van der Waals surface area contributed by atoms with Gasteiger partial charge >= 0.3 is 0 Å². The predicted molar refractivity (Wildman–Crippen MR) is 88.7 cm³/mol. The van der Waals surface area contributed by atoms with Gasteiger partial charge in [0.25, 0.3) is 5.91 Å². The monoisotopic (exact) mass is 335 g/mol. The third-order valence-electron chi connectivity index (χ3n) is 3.56. The first kappa shape index (κ1) is 17.3. The zero-order valence-corrected chi connectivity index (χ0v) is 13.5. The van der Waals surface area contributed by atoms with E-state index in [1.165, 1.54) is 20.1 Å². The van der Waals surface area contributed by atoms with E-state index in [0.29, 0.717) is 16.5 Å².